The second-order valence-corrected chi connectivity index (χ2v) is 8.69. The summed E-state index contributed by atoms with van der Waals surface area (Å²) in [6, 6.07) is 18.6. The van der Waals surface area contributed by atoms with Gasteiger partial charge in [-0.3, -0.25) is 9.48 Å². The van der Waals surface area contributed by atoms with Crippen molar-refractivity contribution in [3.63, 3.8) is 0 Å². The van der Waals surface area contributed by atoms with Crippen LogP contribution in [0.2, 0.25) is 0 Å². The third kappa shape index (κ3) is 4.96. The lowest BCUT2D eigenvalue weighted by Gasteiger charge is -2.30. The van der Waals surface area contributed by atoms with Gasteiger partial charge in [0.1, 0.15) is 24.1 Å². The van der Waals surface area contributed by atoms with Crippen LogP contribution >= 0.6 is 0 Å². The Morgan fingerprint density at radius 3 is 2.69 bits per heavy atom. The Hall–Kier alpha value is -3.28. The first-order chi connectivity index (χ1) is 15.7. The van der Waals surface area contributed by atoms with Gasteiger partial charge in [0.25, 0.3) is 0 Å². The lowest BCUT2D eigenvalue weighted by molar-refractivity contribution is -0.122. The van der Waals surface area contributed by atoms with E-state index in [-0.39, 0.29) is 30.7 Å². The summed E-state index contributed by atoms with van der Waals surface area (Å²) < 4.78 is 14.2. The number of ether oxygens (including phenoxy) is 2. The number of nitrogens with zero attached hydrogens (tertiary/aromatic N) is 2. The molecule has 0 bridgehead atoms. The molecule has 2 aliphatic rings. The Bertz CT molecular complexity index is 1030. The molecule has 1 N–H and O–H groups in total. The normalized spacial score (nSPS) is 22.4. The first kappa shape index (κ1) is 20.6. The van der Waals surface area contributed by atoms with Crippen molar-refractivity contribution in [2.24, 2.45) is 0 Å². The lowest BCUT2D eigenvalue weighted by atomic mass is 9.92. The Labute approximate surface area is 188 Å². The molecule has 1 aliphatic heterocycles. The summed E-state index contributed by atoms with van der Waals surface area (Å²) in [5, 5.41) is 7.21. The topological polar surface area (TPSA) is 65.4 Å². The molecule has 32 heavy (non-hydrogen) atoms. The number of nitrogens with one attached hydrogen (secondary N) is 1. The first-order valence-electron chi connectivity index (χ1n) is 11.5. The molecule has 1 aliphatic carbocycles. The predicted molar refractivity (Wildman–Crippen MR) is 122 cm³/mol. The molecule has 1 atom stereocenters. The Kier molecular flexibility index (Phi) is 6.10. The highest BCUT2D eigenvalue weighted by Crippen LogP contribution is 2.37. The predicted octanol–water partition coefficient (Wildman–Crippen LogP) is 4.46. The van der Waals surface area contributed by atoms with Crippen molar-refractivity contribution in [2.75, 3.05) is 0 Å². The molecule has 1 amide bonds. The van der Waals surface area contributed by atoms with Crippen molar-refractivity contribution in [3.8, 4) is 11.5 Å². The van der Waals surface area contributed by atoms with Crippen LogP contribution in [-0.2, 0) is 17.8 Å². The van der Waals surface area contributed by atoms with Gasteiger partial charge >= 0.3 is 0 Å². The number of rotatable bonds is 6. The fourth-order valence-electron chi connectivity index (χ4n) is 4.67. The molecule has 2 aromatic carbocycles. The summed E-state index contributed by atoms with van der Waals surface area (Å²) in [5.74, 6) is 1.89. The first-order valence-corrected chi connectivity index (χ1v) is 11.5. The van der Waals surface area contributed by atoms with E-state index in [1.165, 1.54) is 11.1 Å². The number of amides is 1. The molecule has 1 saturated carbocycles. The van der Waals surface area contributed by atoms with Gasteiger partial charge in [-0.2, -0.15) is 5.10 Å². The molecule has 1 fully saturated rings. The Morgan fingerprint density at radius 2 is 1.91 bits per heavy atom. The zero-order chi connectivity index (χ0) is 21.8. The number of benzene rings is 2. The van der Waals surface area contributed by atoms with E-state index in [0.717, 1.165) is 50.0 Å². The zero-order valence-corrected chi connectivity index (χ0v) is 18.2. The molecule has 166 valence electrons. The Balaban J connectivity index is 1.11. The number of hydrogen-bond donors (Lipinski definition) is 1. The summed E-state index contributed by atoms with van der Waals surface area (Å²) >= 11 is 0. The average molecular weight is 432 g/mol. The van der Waals surface area contributed by atoms with Crippen LogP contribution in [0.5, 0.6) is 11.5 Å². The number of carbonyl (C=O) groups excluding carboxylic acids is 1. The third-order valence-electron chi connectivity index (χ3n) is 6.36. The molecule has 5 rings (SSSR count). The van der Waals surface area contributed by atoms with Gasteiger partial charge < -0.3 is 14.8 Å². The number of carbonyl (C=O) groups is 1. The van der Waals surface area contributed by atoms with Crippen molar-refractivity contribution >= 4 is 5.91 Å². The van der Waals surface area contributed by atoms with Crippen molar-refractivity contribution in [3.05, 3.63) is 78.1 Å². The minimum absolute atomic E-state index is 0.0153. The summed E-state index contributed by atoms with van der Waals surface area (Å²) in [5.41, 5.74) is 2.45. The van der Waals surface area contributed by atoms with Crippen LogP contribution in [0.1, 0.15) is 49.3 Å². The van der Waals surface area contributed by atoms with E-state index in [9.17, 15) is 4.79 Å². The molecule has 0 radical (unpaired) electrons. The van der Waals surface area contributed by atoms with Crippen molar-refractivity contribution in [2.45, 2.75) is 63.3 Å². The average Bonchev–Trinajstić information content (AvgIpc) is 3.33. The zero-order valence-electron chi connectivity index (χ0n) is 18.2. The van der Waals surface area contributed by atoms with E-state index < -0.39 is 0 Å². The lowest BCUT2D eigenvalue weighted by Crippen LogP contribution is -2.41. The van der Waals surface area contributed by atoms with Crippen LogP contribution in [0.25, 0.3) is 0 Å². The SMILES string of the molecule is O=C(Cn1cccn1)NC1CCC(Oc2ccc3c(c2)CCC(c2ccccc2)O3)CC1. The monoisotopic (exact) mass is 431 g/mol. The highest BCUT2D eigenvalue weighted by atomic mass is 16.5. The summed E-state index contributed by atoms with van der Waals surface area (Å²) in [4.78, 5) is 12.2. The van der Waals surface area contributed by atoms with E-state index in [0.29, 0.717) is 0 Å². The largest absolute Gasteiger partial charge is 0.490 e. The minimum Gasteiger partial charge on any atom is -0.490 e. The maximum Gasteiger partial charge on any atom is 0.241 e. The van der Waals surface area contributed by atoms with Crippen LogP contribution in [-0.4, -0.2) is 27.8 Å². The van der Waals surface area contributed by atoms with Crippen LogP contribution in [0, 0.1) is 0 Å². The molecule has 3 aromatic rings. The van der Waals surface area contributed by atoms with Gasteiger partial charge in [-0.05, 0) is 73.9 Å². The van der Waals surface area contributed by atoms with E-state index in [2.05, 4.69) is 40.7 Å². The van der Waals surface area contributed by atoms with Crippen molar-refractivity contribution < 1.29 is 14.3 Å². The highest BCUT2D eigenvalue weighted by molar-refractivity contribution is 5.75. The van der Waals surface area contributed by atoms with Gasteiger partial charge in [-0.15, -0.1) is 0 Å². The molecule has 1 aromatic heterocycles. The van der Waals surface area contributed by atoms with Gasteiger partial charge in [0.05, 0.1) is 6.10 Å². The van der Waals surface area contributed by atoms with E-state index in [1.807, 2.05) is 24.3 Å². The van der Waals surface area contributed by atoms with Crippen LogP contribution in [0.15, 0.2) is 67.0 Å². The molecule has 6 nitrogen and oxygen atoms in total. The van der Waals surface area contributed by atoms with Gasteiger partial charge in [-0.25, -0.2) is 0 Å². The summed E-state index contributed by atoms with van der Waals surface area (Å²) in [7, 11) is 0. The van der Waals surface area contributed by atoms with Crippen LogP contribution in [0.3, 0.4) is 0 Å². The van der Waals surface area contributed by atoms with Gasteiger partial charge in [0.15, 0.2) is 0 Å². The number of hydrogen-bond acceptors (Lipinski definition) is 4. The molecule has 6 heteroatoms. The maximum atomic E-state index is 12.2. The quantitative estimate of drug-likeness (QED) is 0.626. The van der Waals surface area contributed by atoms with Gasteiger partial charge in [-0.1, -0.05) is 30.3 Å². The summed E-state index contributed by atoms with van der Waals surface area (Å²) in [6.07, 6.45) is 9.51. The van der Waals surface area contributed by atoms with Crippen LogP contribution < -0.4 is 14.8 Å². The second kappa shape index (κ2) is 9.47. The minimum atomic E-state index is 0.0153. The van der Waals surface area contributed by atoms with E-state index >= 15 is 0 Å². The molecular formula is C26H29N3O3. The smallest absolute Gasteiger partial charge is 0.241 e. The van der Waals surface area contributed by atoms with Crippen molar-refractivity contribution in [1.82, 2.24) is 15.1 Å². The maximum absolute atomic E-state index is 12.2. The van der Waals surface area contributed by atoms with E-state index in [4.69, 9.17) is 9.47 Å². The standard InChI is InChI=1S/C26H29N3O3/c30-26(18-29-16-4-15-27-29)28-21-8-10-22(11-9-21)31-23-12-14-25-20(17-23)7-13-24(32-25)19-5-2-1-3-6-19/h1-6,12,14-17,21-22,24H,7-11,13,18H2,(H,28,30). The molecule has 0 saturated heterocycles. The Morgan fingerprint density at radius 1 is 1.06 bits per heavy atom. The van der Waals surface area contributed by atoms with Crippen LogP contribution in [0.4, 0.5) is 0 Å². The summed E-state index contributed by atoms with van der Waals surface area (Å²) in [6.45, 7) is 0.270. The van der Waals surface area contributed by atoms with Gasteiger partial charge in [0, 0.05) is 18.4 Å². The van der Waals surface area contributed by atoms with Gasteiger partial charge in [0.2, 0.25) is 5.91 Å². The fraction of sp³-hybridized carbons (Fsp3) is 0.385. The van der Waals surface area contributed by atoms with E-state index in [1.54, 1.807) is 17.1 Å². The molecule has 0 spiro atoms. The second-order valence-electron chi connectivity index (χ2n) is 8.69. The number of aryl methyl sites for hydroxylation is 1. The highest BCUT2D eigenvalue weighted by Gasteiger charge is 2.25. The third-order valence-corrected chi connectivity index (χ3v) is 6.36. The number of fused-ring (bicyclic) bond motifs is 1. The molecular weight excluding hydrogens is 402 g/mol. The number of aromatic nitrogens is 2. The fourth-order valence-corrected chi connectivity index (χ4v) is 4.67. The molecule has 1 unspecified atom stereocenters. The molecule has 2 heterocycles. The van der Waals surface area contributed by atoms with Crippen molar-refractivity contribution in [1.29, 1.82) is 0 Å².